The number of halogens is 1. The molecule has 10 heteroatoms. The van der Waals surface area contributed by atoms with E-state index < -0.39 is 11.7 Å². The van der Waals surface area contributed by atoms with E-state index in [4.69, 9.17) is 21.1 Å². The van der Waals surface area contributed by atoms with Gasteiger partial charge in [0.05, 0.1) is 13.2 Å². The van der Waals surface area contributed by atoms with E-state index in [2.05, 4.69) is 25.4 Å². The van der Waals surface area contributed by atoms with Crippen LogP contribution in [0.25, 0.3) is 0 Å². The summed E-state index contributed by atoms with van der Waals surface area (Å²) in [5.41, 5.74) is -0.0139. The molecule has 1 aromatic heterocycles. The van der Waals surface area contributed by atoms with Crippen LogP contribution in [0.1, 0.15) is 50.4 Å². The van der Waals surface area contributed by atoms with Crippen molar-refractivity contribution < 1.29 is 19.1 Å². The molecule has 0 saturated carbocycles. The summed E-state index contributed by atoms with van der Waals surface area (Å²) in [7, 11) is 0. The number of rotatable bonds is 7. The zero-order valence-corrected chi connectivity index (χ0v) is 20.6. The van der Waals surface area contributed by atoms with Crippen LogP contribution in [0.5, 0.6) is 0 Å². The quantitative estimate of drug-likeness (QED) is 0.456. The minimum absolute atomic E-state index is 0.0459. The summed E-state index contributed by atoms with van der Waals surface area (Å²) in [6.07, 6.45) is 2.01. The van der Waals surface area contributed by atoms with Gasteiger partial charge in [-0.25, -0.2) is 9.78 Å². The van der Waals surface area contributed by atoms with Crippen LogP contribution in [0.3, 0.4) is 0 Å². The molecule has 0 aromatic carbocycles. The SMILES string of the molecule is CC(C)(C)OC(=O)NC1CCN(c2cc(C(=O)NCCCN3CCOCC3)cc(Cl)n2)CC1. The first-order valence-electron chi connectivity index (χ1n) is 11.7. The van der Waals surface area contributed by atoms with E-state index in [-0.39, 0.29) is 11.9 Å². The van der Waals surface area contributed by atoms with E-state index >= 15 is 0 Å². The third-order valence-electron chi connectivity index (χ3n) is 5.62. The Kier molecular flexibility index (Phi) is 9.17. The fourth-order valence-corrected chi connectivity index (χ4v) is 4.14. The van der Waals surface area contributed by atoms with Crippen molar-refractivity contribution in [2.75, 3.05) is 57.4 Å². The number of hydrogen-bond donors (Lipinski definition) is 2. The van der Waals surface area contributed by atoms with Gasteiger partial charge in [-0.3, -0.25) is 9.69 Å². The van der Waals surface area contributed by atoms with Gasteiger partial charge in [0.1, 0.15) is 16.6 Å². The van der Waals surface area contributed by atoms with Crippen molar-refractivity contribution in [3.05, 3.63) is 22.8 Å². The Morgan fingerprint density at radius 3 is 2.55 bits per heavy atom. The predicted molar refractivity (Wildman–Crippen MR) is 128 cm³/mol. The Hall–Kier alpha value is -2.10. The molecule has 3 heterocycles. The van der Waals surface area contributed by atoms with E-state index in [0.717, 1.165) is 52.1 Å². The second-order valence-corrected chi connectivity index (χ2v) is 9.90. The minimum atomic E-state index is -0.519. The normalized spacial score (nSPS) is 18.1. The molecule has 3 rings (SSSR count). The molecule has 0 atom stereocenters. The van der Waals surface area contributed by atoms with E-state index in [0.29, 0.717) is 36.2 Å². The van der Waals surface area contributed by atoms with Gasteiger partial charge in [-0.05, 0) is 58.7 Å². The highest BCUT2D eigenvalue weighted by Gasteiger charge is 2.25. The molecule has 0 spiro atoms. The van der Waals surface area contributed by atoms with Crippen molar-refractivity contribution >= 4 is 29.4 Å². The zero-order valence-electron chi connectivity index (χ0n) is 19.9. The highest BCUT2D eigenvalue weighted by atomic mass is 35.5. The van der Waals surface area contributed by atoms with Crippen molar-refractivity contribution in [2.45, 2.75) is 51.7 Å². The summed E-state index contributed by atoms with van der Waals surface area (Å²) in [6, 6.07) is 3.42. The van der Waals surface area contributed by atoms with Crippen LogP contribution >= 0.6 is 11.6 Å². The number of carbonyl (C=O) groups excluding carboxylic acids is 2. The first-order valence-corrected chi connectivity index (χ1v) is 12.1. The van der Waals surface area contributed by atoms with Gasteiger partial charge in [0, 0.05) is 44.3 Å². The maximum Gasteiger partial charge on any atom is 0.407 e. The summed E-state index contributed by atoms with van der Waals surface area (Å²) in [6.45, 7) is 11.9. The van der Waals surface area contributed by atoms with Gasteiger partial charge in [0.25, 0.3) is 5.91 Å². The lowest BCUT2D eigenvalue weighted by Gasteiger charge is -2.33. The molecule has 2 aliphatic rings. The molecule has 2 saturated heterocycles. The van der Waals surface area contributed by atoms with Gasteiger partial charge in [-0.1, -0.05) is 11.6 Å². The number of alkyl carbamates (subject to hydrolysis) is 1. The average Bonchev–Trinajstić information content (AvgIpc) is 2.76. The molecule has 2 fully saturated rings. The number of hydrogen-bond acceptors (Lipinski definition) is 7. The predicted octanol–water partition coefficient (Wildman–Crippen LogP) is 2.68. The van der Waals surface area contributed by atoms with Gasteiger partial charge in [0.2, 0.25) is 0 Å². The number of carbonyl (C=O) groups is 2. The Bertz CT molecular complexity index is 803. The van der Waals surface area contributed by atoms with Crippen LogP contribution in [0.15, 0.2) is 12.1 Å². The fourth-order valence-electron chi connectivity index (χ4n) is 3.93. The number of piperidine rings is 1. The third kappa shape index (κ3) is 8.64. The third-order valence-corrected chi connectivity index (χ3v) is 5.82. The van der Waals surface area contributed by atoms with Gasteiger partial charge < -0.3 is 25.0 Å². The number of nitrogens with one attached hydrogen (secondary N) is 2. The van der Waals surface area contributed by atoms with Gasteiger partial charge in [0.15, 0.2) is 0 Å². The van der Waals surface area contributed by atoms with E-state index in [9.17, 15) is 9.59 Å². The Balaban J connectivity index is 1.46. The number of amides is 2. The molecule has 184 valence electrons. The molecule has 2 amide bonds. The topological polar surface area (TPSA) is 96.0 Å². The van der Waals surface area contributed by atoms with E-state index in [1.54, 1.807) is 12.1 Å². The van der Waals surface area contributed by atoms with Crippen molar-refractivity contribution in [2.24, 2.45) is 0 Å². The second-order valence-electron chi connectivity index (χ2n) is 9.51. The molecule has 0 aliphatic carbocycles. The molecular formula is C23H36ClN5O4. The Morgan fingerprint density at radius 2 is 1.88 bits per heavy atom. The molecule has 0 bridgehead atoms. The number of morpholine rings is 1. The largest absolute Gasteiger partial charge is 0.444 e. The maximum atomic E-state index is 12.7. The lowest BCUT2D eigenvalue weighted by atomic mass is 10.1. The zero-order chi connectivity index (χ0) is 23.8. The molecule has 0 unspecified atom stereocenters. The molecule has 33 heavy (non-hydrogen) atoms. The number of nitrogens with zero attached hydrogens (tertiary/aromatic N) is 3. The first-order chi connectivity index (χ1) is 15.7. The van der Waals surface area contributed by atoms with Crippen LogP contribution in [0, 0.1) is 0 Å². The van der Waals surface area contributed by atoms with Crippen molar-refractivity contribution in [1.29, 1.82) is 0 Å². The van der Waals surface area contributed by atoms with Crippen molar-refractivity contribution in [3.8, 4) is 0 Å². The molecule has 1 aromatic rings. The first kappa shape index (κ1) is 25.5. The van der Waals surface area contributed by atoms with Crippen molar-refractivity contribution in [1.82, 2.24) is 20.5 Å². The monoisotopic (exact) mass is 481 g/mol. The van der Waals surface area contributed by atoms with Crippen LogP contribution in [0.2, 0.25) is 5.15 Å². The summed E-state index contributed by atoms with van der Waals surface area (Å²) in [5, 5.41) is 6.20. The molecule has 2 N–H and O–H groups in total. The van der Waals surface area contributed by atoms with E-state index in [1.165, 1.54) is 0 Å². The number of pyridine rings is 1. The van der Waals surface area contributed by atoms with Crippen LogP contribution in [-0.4, -0.2) is 86.0 Å². The molecular weight excluding hydrogens is 446 g/mol. The lowest BCUT2D eigenvalue weighted by Crippen LogP contribution is -2.46. The number of anilines is 1. The van der Waals surface area contributed by atoms with Crippen molar-refractivity contribution in [3.63, 3.8) is 0 Å². The molecule has 2 aliphatic heterocycles. The number of ether oxygens (including phenoxy) is 2. The van der Waals surface area contributed by atoms with Gasteiger partial charge in [-0.2, -0.15) is 0 Å². The Labute approximate surface area is 201 Å². The summed E-state index contributed by atoms with van der Waals surface area (Å²) < 4.78 is 10.7. The smallest absolute Gasteiger partial charge is 0.407 e. The van der Waals surface area contributed by atoms with Gasteiger partial charge in [-0.15, -0.1) is 0 Å². The van der Waals surface area contributed by atoms with Crippen LogP contribution < -0.4 is 15.5 Å². The van der Waals surface area contributed by atoms with Crippen LogP contribution in [0.4, 0.5) is 10.6 Å². The van der Waals surface area contributed by atoms with Gasteiger partial charge >= 0.3 is 6.09 Å². The highest BCUT2D eigenvalue weighted by Crippen LogP contribution is 2.22. The van der Waals surface area contributed by atoms with E-state index in [1.807, 2.05) is 20.8 Å². The van der Waals surface area contributed by atoms with Crippen LogP contribution in [-0.2, 0) is 9.47 Å². The lowest BCUT2D eigenvalue weighted by molar-refractivity contribution is 0.0374. The summed E-state index contributed by atoms with van der Waals surface area (Å²) in [4.78, 5) is 33.5. The number of aromatic nitrogens is 1. The standard InChI is InChI=1S/C23H36ClN5O4/c1-23(2,3)33-22(31)26-18-5-9-29(10-6-18)20-16-17(15-19(24)27-20)21(30)25-7-4-8-28-11-13-32-14-12-28/h15-16,18H,4-14H2,1-3H3,(H,25,30)(H,26,31). The Morgan fingerprint density at radius 1 is 1.18 bits per heavy atom. The molecule has 0 radical (unpaired) electrons. The summed E-state index contributed by atoms with van der Waals surface area (Å²) in [5.74, 6) is 0.528. The fraction of sp³-hybridized carbons (Fsp3) is 0.696. The maximum absolute atomic E-state index is 12.7. The minimum Gasteiger partial charge on any atom is -0.444 e. The highest BCUT2D eigenvalue weighted by molar-refractivity contribution is 6.29. The second kappa shape index (κ2) is 11.9. The molecule has 9 nitrogen and oxygen atoms in total. The average molecular weight is 482 g/mol. The summed E-state index contributed by atoms with van der Waals surface area (Å²) >= 11 is 6.23.